The molecule has 182 valence electrons. The van der Waals surface area contributed by atoms with Crippen molar-refractivity contribution in [3.8, 4) is 5.75 Å². The summed E-state index contributed by atoms with van der Waals surface area (Å²) in [5, 5.41) is 4.32. The lowest BCUT2D eigenvalue weighted by molar-refractivity contribution is -0.139. The SMILES string of the molecule is CS(C)(=O)=Nc1cc(F)c2c(Nc3ccc(F)cc3OCC(=O)NCC(F)(F)F)ncnc2c1. The Morgan fingerprint density at radius 2 is 1.88 bits per heavy atom. The predicted octanol–water partition coefficient (Wildman–Crippen LogP) is 4.07. The van der Waals surface area contributed by atoms with E-state index in [0.717, 1.165) is 24.5 Å². The van der Waals surface area contributed by atoms with Crippen LogP contribution in [-0.4, -0.2) is 51.9 Å². The Morgan fingerprint density at radius 3 is 2.56 bits per heavy atom. The first-order chi connectivity index (χ1) is 15.8. The van der Waals surface area contributed by atoms with Gasteiger partial charge >= 0.3 is 6.18 Å². The van der Waals surface area contributed by atoms with Crippen LogP contribution in [-0.2, 0) is 14.5 Å². The number of hydrogen-bond donors (Lipinski definition) is 2. The molecule has 34 heavy (non-hydrogen) atoms. The zero-order valence-corrected chi connectivity index (χ0v) is 18.6. The second-order valence-corrected chi connectivity index (χ2v) is 9.81. The number of fused-ring (bicyclic) bond motifs is 1. The maximum atomic E-state index is 14.9. The highest BCUT2D eigenvalue weighted by Gasteiger charge is 2.27. The van der Waals surface area contributed by atoms with Crippen molar-refractivity contribution < 1.29 is 35.7 Å². The van der Waals surface area contributed by atoms with Gasteiger partial charge in [0.05, 0.1) is 22.3 Å². The van der Waals surface area contributed by atoms with Crippen LogP contribution in [0.15, 0.2) is 41.0 Å². The lowest BCUT2D eigenvalue weighted by Gasteiger charge is -2.15. The number of carbonyl (C=O) groups excluding carboxylic acids is 1. The van der Waals surface area contributed by atoms with Gasteiger partial charge in [0.25, 0.3) is 5.91 Å². The molecule has 0 spiro atoms. The van der Waals surface area contributed by atoms with Crippen molar-refractivity contribution in [2.75, 3.05) is 31.0 Å². The standard InChI is InChI=1S/C20H18F5N5O3S/c1-34(2,32)30-12-6-13(22)18-15(7-12)27-10-28-19(18)29-14-4-3-11(21)5-16(14)33-8-17(31)26-9-20(23,24)25/h3-7,10H,8-9H2,1-2H3,(H,26,31)(H,27,28,29). The number of carbonyl (C=O) groups is 1. The molecule has 0 aliphatic carbocycles. The smallest absolute Gasteiger partial charge is 0.405 e. The number of anilines is 2. The van der Waals surface area contributed by atoms with E-state index in [2.05, 4.69) is 19.6 Å². The molecule has 0 unspecified atom stereocenters. The fourth-order valence-corrected chi connectivity index (χ4v) is 3.38. The zero-order chi connectivity index (χ0) is 25.1. The molecule has 1 amide bonds. The summed E-state index contributed by atoms with van der Waals surface area (Å²) >= 11 is 0. The molecule has 0 saturated heterocycles. The quantitative estimate of drug-likeness (QED) is 0.471. The summed E-state index contributed by atoms with van der Waals surface area (Å²) in [6.07, 6.45) is -0.696. The van der Waals surface area contributed by atoms with E-state index in [1.807, 2.05) is 0 Å². The Hall–Kier alpha value is -3.55. The Morgan fingerprint density at radius 1 is 1.15 bits per heavy atom. The molecular formula is C20H18F5N5O3S. The highest BCUT2D eigenvalue weighted by Crippen LogP contribution is 2.33. The number of alkyl halides is 3. The van der Waals surface area contributed by atoms with Gasteiger partial charge in [-0.2, -0.15) is 17.5 Å². The van der Waals surface area contributed by atoms with Gasteiger partial charge in [-0.15, -0.1) is 0 Å². The number of amides is 1. The van der Waals surface area contributed by atoms with Crippen LogP contribution in [0.25, 0.3) is 10.9 Å². The zero-order valence-electron chi connectivity index (χ0n) is 17.7. The summed E-state index contributed by atoms with van der Waals surface area (Å²) in [6.45, 7) is -2.37. The molecule has 1 aromatic heterocycles. The van der Waals surface area contributed by atoms with E-state index in [-0.39, 0.29) is 33.8 Å². The van der Waals surface area contributed by atoms with Crippen LogP contribution < -0.4 is 15.4 Å². The number of aromatic nitrogens is 2. The van der Waals surface area contributed by atoms with Gasteiger partial charge in [0.15, 0.2) is 6.61 Å². The van der Waals surface area contributed by atoms with E-state index in [9.17, 15) is 31.0 Å². The van der Waals surface area contributed by atoms with Crippen molar-refractivity contribution in [3.63, 3.8) is 0 Å². The van der Waals surface area contributed by atoms with Gasteiger partial charge in [-0.05, 0) is 18.2 Å². The lowest BCUT2D eigenvalue weighted by atomic mass is 10.2. The summed E-state index contributed by atoms with van der Waals surface area (Å²) < 4.78 is 86.3. The fraction of sp³-hybridized carbons (Fsp3) is 0.250. The van der Waals surface area contributed by atoms with Gasteiger partial charge in [-0.3, -0.25) is 4.79 Å². The Balaban J connectivity index is 1.89. The molecule has 0 saturated carbocycles. The molecule has 0 aliphatic heterocycles. The molecule has 0 aliphatic rings. The minimum atomic E-state index is -4.60. The van der Waals surface area contributed by atoms with Gasteiger partial charge in [-0.25, -0.2) is 23.0 Å². The van der Waals surface area contributed by atoms with Crippen molar-refractivity contribution >= 4 is 43.7 Å². The molecule has 8 nitrogen and oxygen atoms in total. The minimum Gasteiger partial charge on any atom is -0.481 e. The van der Waals surface area contributed by atoms with E-state index in [1.54, 1.807) is 5.32 Å². The third-order valence-electron chi connectivity index (χ3n) is 4.04. The maximum absolute atomic E-state index is 14.9. The van der Waals surface area contributed by atoms with E-state index in [1.165, 1.54) is 24.6 Å². The second-order valence-electron chi connectivity index (χ2n) is 7.26. The summed E-state index contributed by atoms with van der Waals surface area (Å²) in [5.74, 6) is -2.87. The Bertz CT molecular complexity index is 1350. The monoisotopic (exact) mass is 503 g/mol. The van der Waals surface area contributed by atoms with Crippen molar-refractivity contribution in [1.82, 2.24) is 15.3 Å². The van der Waals surface area contributed by atoms with Crippen LogP contribution in [0.2, 0.25) is 0 Å². The topological polar surface area (TPSA) is 106 Å². The largest absolute Gasteiger partial charge is 0.481 e. The average molecular weight is 503 g/mol. The van der Waals surface area contributed by atoms with Gasteiger partial charge in [0.2, 0.25) is 0 Å². The molecule has 2 aromatic carbocycles. The van der Waals surface area contributed by atoms with Crippen LogP contribution in [0.3, 0.4) is 0 Å². The molecule has 14 heteroatoms. The van der Waals surface area contributed by atoms with Gasteiger partial charge < -0.3 is 15.4 Å². The molecule has 1 heterocycles. The van der Waals surface area contributed by atoms with Crippen molar-refractivity contribution in [2.45, 2.75) is 6.18 Å². The molecule has 0 radical (unpaired) electrons. The van der Waals surface area contributed by atoms with Crippen molar-refractivity contribution in [2.24, 2.45) is 4.36 Å². The molecule has 2 N–H and O–H groups in total. The molecule has 0 bridgehead atoms. The van der Waals surface area contributed by atoms with E-state index >= 15 is 0 Å². The third-order valence-corrected chi connectivity index (χ3v) is 4.69. The summed E-state index contributed by atoms with van der Waals surface area (Å²) in [7, 11) is -2.55. The molecular weight excluding hydrogens is 485 g/mol. The number of ether oxygens (including phenoxy) is 1. The molecule has 3 aromatic rings. The summed E-state index contributed by atoms with van der Waals surface area (Å²) in [5.41, 5.74) is 0.305. The van der Waals surface area contributed by atoms with E-state index in [4.69, 9.17) is 4.74 Å². The number of halogens is 5. The van der Waals surface area contributed by atoms with Crippen LogP contribution in [0.5, 0.6) is 5.75 Å². The van der Waals surface area contributed by atoms with Crippen molar-refractivity contribution in [1.29, 1.82) is 0 Å². The minimum absolute atomic E-state index is 0.0410. The number of rotatable bonds is 7. The first-order valence-electron chi connectivity index (χ1n) is 9.45. The van der Waals surface area contributed by atoms with Gasteiger partial charge in [0.1, 0.15) is 36.1 Å². The highest BCUT2D eigenvalue weighted by molar-refractivity contribution is 7.92. The molecule has 0 fully saturated rings. The second kappa shape index (κ2) is 9.75. The van der Waals surface area contributed by atoms with E-state index < -0.39 is 46.6 Å². The predicted molar refractivity (Wildman–Crippen MR) is 116 cm³/mol. The van der Waals surface area contributed by atoms with Crippen LogP contribution in [0, 0.1) is 11.6 Å². The van der Waals surface area contributed by atoms with Crippen LogP contribution in [0.4, 0.5) is 39.1 Å². The van der Waals surface area contributed by atoms with E-state index in [0.29, 0.717) is 0 Å². The number of benzene rings is 2. The third kappa shape index (κ3) is 6.97. The average Bonchev–Trinajstić information content (AvgIpc) is 2.70. The number of nitrogens with zero attached hydrogens (tertiary/aromatic N) is 3. The lowest BCUT2D eigenvalue weighted by Crippen LogP contribution is -2.36. The van der Waals surface area contributed by atoms with Crippen LogP contribution >= 0.6 is 0 Å². The first kappa shape index (κ1) is 25.1. The van der Waals surface area contributed by atoms with Crippen LogP contribution in [0.1, 0.15) is 0 Å². The molecule has 3 rings (SSSR count). The Labute approximate surface area is 190 Å². The molecule has 0 atom stereocenters. The summed E-state index contributed by atoms with van der Waals surface area (Å²) in [4.78, 5) is 19.6. The number of nitrogens with one attached hydrogen (secondary N) is 2. The van der Waals surface area contributed by atoms with Crippen molar-refractivity contribution in [3.05, 3.63) is 48.3 Å². The number of hydrogen-bond acceptors (Lipinski definition) is 7. The summed E-state index contributed by atoms with van der Waals surface area (Å²) in [6, 6.07) is 5.63. The normalized spacial score (nSPS) is 11.9. The highest BCUT2D eigenvalue weighted by atomic mass is 32.2. The fourth-order valence-electron chi connectivity index (χ4n) is 2.77. The van der Waals surface area contributed by atoms with Gasteiger partial charge in [0, 0.05) is 34.4 Å². The maximum Gasteiger partial charge on any atom is 0.405 e. The van der Waals surface area contributed by atoms with Gasteiger partial charge in [-0.1, -0.05) is 0 Å². The Kier molecular flexibility index (Phi) is 7.19. The first-order valence-corrected chi connectivity index (χ1v) is 11.8.